The summed E-state index contributed by atoms with van der Waals surface area (Å²) in [6.07, 6.45) is 0. The highest BCUT2D eigenvalue weighted by Crippen LogP contribution is 2.53. The minimum absolute atomic E-state index is 0.0805. The Kier molecular flexibility index (Phi) is 18.5. The molecule has 0 atom stereocenters. The lowest BCUT2D eigenvalue weighted by Gasteiger charge is -2.21. The molecule has 0 aliphatic heterocycles. The molecule has 9 aromatic heterocycles. The quantitative estimate of drug-likeness (QED) is 0.135. The largest absolute Gasteiger partial charge is 0.455 e. The molecule has 642 valence electrons. The van der Waals surface area contributed by atoms with Gasteiger partial charge < -0.3 is 8.98 Å². The Morgan fingerprint density at radius 1 is 0.248 bits per heavy atom. The fraction of sp³-hybridized carbons (Fsp3) is 0.0238. The van der Waals surface area contributed by atoms with Gasteiger partial charge in [-0.05, 0) is 159 Å². The summed E-state index contributed by atoms with van der Waals surface area (Å²) in [7, 11) is 0. The van der Waals surface area contributed by atoms with Gasteiger partial charge in [0.2, 0.25) is 5.95 Å². The first kappa shape index (κ1) is 79.4. The van der Waals surface area contributed by atoms with E-state index in [9.17, 15) is 0 Å². The van der Waals surface area contributed by atoms with E-state index >= 15 is 0 Å². The van der Waals surface area contributed by atoms with E-state index in [-0.39, 0.29) is 5.41 Å². The molecule has 9 nitrogen and oxygen atoms in total. The highest BCUT2D eigenvalue weighted by atomic mass is 32.1. The molecule has 0 fully saturated rings. The Balaban J connectivity index is 0.000000104. The van der Waals surface area contributed by atoms with E-state index in [1.54, 1.807) is 0 Å². The summed E-state index contributed by atoms with van der Waals surface area (Å²) in [4.78, 5) is 26.3. The van der Waals surface area contributed by atoms with Crippen molar-refractivity contribution in [3.05, 3.63) is 460 Å². The van der Waals surface area contributed by atoms with Crippen LogP contribution in [0.5, 0.6) is 0 Å². The van der Waals surface area contributed by atoms with Crippen molar-refractivity contribution in [2.24, 2.45) is 0 Å². The van der Waals surface area contributed by atoms with Crippen LogP contribution in [0.3, 0.4) is 0 Å². The van der Waals surface area contributed by atoms with Gasteiger partial charge in [0.25, 0.3) is 0 Å². The lowest BCUT2D eigenvalue weighted by atomic mass is 9.82. The third-order valence-electron chi connectivity index (χ3n) is 27.9. The monoisotopic (exact) mass is 1780 g/mol. The smallest absolute Gasteiger partial charge is 0.235 e. The second kappa shape index (κ2) is 32.0. The molecule has 28 aromatic rings. The van der Waals surface area contributed by atoms with Crippen LogP contribution in [-0.2, 0) is 5.41 Å². The molecule has 1 aliphatic rings. The summed E-state index contributed by atoms with van der Waals surface area (Å²) < 4.78 is 18.8. The number of thiophene rings is 2. The van der Waals surface area contributed by atoms with E-state index in [0.717, 1.165) is 128 Å². The molecule has 0 amide bonds. The van der Waals surface area contributed by atoms with Crippen molar-refractivity contribution in [2.45, 2.75) is 19.3 Å². The number of hydrogen-bond acceptors (Lipinski definition) is 8. The molecule has 29 rings (SSSR count). The average Bonchev–Trinajstić information content (AvgIpc) is 1.56. The topological polar surface area (TPSA) is 92.4 Å². The normalized spacial score (nSPS) is 12.4. The first-order valence-corrected chi connectivity index (χ1v) is 48.1. The molecule has 9 heterocycles. The zero-order valence-electron chi connectivity index (χ0n) is 74.5. The molecule has 137 heavy (non-hydrogen) atoms. The number of aromatic nitrogens is 8. The van der Waals surface area contributed by atoms with E-state index < -0.39 is 0 Å². The third-order valence-corrected chi connectivity index (χ3v) is 30.3. The van der Waals surface area contributed by atoms with Gasteiger partial charge >= 0.3 is 0 Å². The number of benzene rings is 19. The predicted molar refractivity (Wildman–Crippen MR) is 575 cm³/mol. The summed E-state index contributed by atoms with van der Waals surface area (Å²) in [5, 5.41) is 16.8. The van der Waals surface area contributed by atoms with Gasteiger partial charge in [-0.15, -0.1) is 22.7 Å². The van der Waals surface area contributed by atoms with Crippen LogP contribution in [0.2, 0.25) is 0 Å². The lowest BCUT2D eigenvalue weighted by Crippen LogP contribution is -2.14. The van der Waals surface area contributed by atoms with Crippen LogP contribution in [-0.4, -0.2) is 38.6 Å². The average molecular weight is 1790 g/mol. The number of fused-ring (bicyclic) bond motifs is 25. The first-order valence-electron chi connectivity index (χ1n) is 46.5. The van der Waals surface area contributed by atoms with Crippen molar-refractivity contribution in [1.29, 1.82) is 0 Å². The molecule has 19 aromatic carbocycles. The molecule has 1 aliphatic carbocycles. The fourth-order valence-corrected chi connectivity index (χ4v) is 23.9. The third kappa shape index (κ3) is 13.1. The van der Waals surface area contributed by atoms with Gasteiger partial charge in [0.05, 0.1) is 66.6 Å². The van der Waals surface area contributed by atoms with Gasteiger partial charge in [0.15, 0.2) is 5.82 Å². The highest BCUT2D eigenvalue weighted by Gasteiger charge is 2.37. The maximum Gasteiger partial charge on any atom is 0.235 e. The molecule has 0 bridgehead atoms. The minimum Gasteiger partial charge on any atom is -0.455 e. The summed E-state index contributed by atoms with van der Waals surface area (Å²) in [5.41, 5.74) is 31.0. The Bertz CT molecular complexity index is 9710. The van der Waals surface area contributed by atoms with Crippen molar-refractivity contribution in [2.75, 3.05) is 0 Å². The number of para-hydroxylation sites is 5. The highest BCUT2D eigenvalue weighted by molar-refractivity contribution is 7.27. The van der Waals surface area contributed by atoms with E-state index in [4.69, 9.17) is 29.3 Å². The zero-order chi connectivity index (χ0) is 90.5. The Morgan fingerprint density at radius 2 is 0.745 bits per heavy atom. The zero-order valence-corrected chi connectivity index (χ0v) is 76.2. The molecular weight excluding hydrogens is 1710 g/mol. The van der Waals surface area contributed by atoms with Crippen LogP contribution in [0, 0.1) is 0 Å². The van der Waals surface area contributed by atoms with Gasteiger partial charge in [0.1, 0.15) is 17.0 Å². The molecule has 0 spiro atoms. The molecule has 11 heteroatoms. The van der Waals surface area contributed by atoms with Crippen molar-refractivity contribution in [3.63, 3.8) is 0 Å². The van der Waals surface area contributed by atoms with E-state index in [2.05, 4.69) is 452 Å². The molecule has 0 radical (unpaired) electrons. The van der Waals surface area contributed by atoms with Gasteiger partial charge in [-0.1, -0.05) is 360 Å². The van der Waals surface area contributed by atoms with Crippen LogP contribution >= 0.6 is 22.7 Å². The molecular formula is C126H80N8OS2. The maximum atomic E-state index is 6.63. The first-order chi connectivity index (χ1) is 67.7. The summed E-state index contributed by atoms with van der Waals surface area (Å²) >= 11 is 3.71. The Labute approximate surface area is 795 Å². The Morgan fingerprint density at radius 3 is 1.46 bits per heavy atom. The van der Waals surface area contributed by atoms with E-state index in [1.165, 1.54) is 128 Å². The van der Waals surface area contributed by atoms with Crippen LogP contribution < -0.4 is 0 Å². The Hall–Kier alpha value is -17.4. The molecule has 0 saturated heterocycles. The van der Waals surface area contributed by atoms with Crippen molar-refractivity contribution < 1.29 is 4.42 Å². The van der Waals surface area contributed by atoms with Crippen molar-refractivity contribution in [3.8, 4) is 107 Å². The summed E-state index contributed by atoms with van der Waals surface area (Å²) in [6, 6.07) is 160. The van der Waals surface area contributed by atoms with Crippen LogP contribution in [0.15, 0.2) is 453 Å². The fourth-order valence-electron chi connectivity index (χ4n) is 21.4. The van der Waals surface area contributed by atoms with Crippen LogP contribution in [0.1, 0.15) is 25.0 Å². The second-order valence-corrected chi connectivity index (χ2v) is 38.1. The van der Waals surface area contributed by atoms with Crippen molar-refractivity contribution >= 4 is 172 Å². The molecule has 0 unspecified atom stereocenters. The summed E-state index contributed by atoms with van der Waals surface area (Å²) in [5.74, 6) is 2.27. The van der Waals surface area contributed by atoms with Crippen LogP contribution in [0.4, 0.5) is 0 Å². The minimum atomic E-state index is -0.0805. The van der Waals surface area contributed by atoms with Gasteiger partial charge in [-0.2, -0.15) is 0 Å². The van der Waals surface area contributed by atoms with E-state index in [0.29, 0.717) is 11.8 Å². The maximum absolute atomic E-state index is 6.63. The van der Waals surface area contributed by atoms with Crippen LogP contribution in [0.25, 0.3) is 257 Å². The standard InChI is InChI=1S/C44H25N3OS.C43H31N3.C39H24N2S/c1-2-11-26(12-3-1)27-21-22-33-37(25-27)47(36-24-23-30-28-13-5-8-19-38(28)48-42(30)40(33)36)44-45-35-18-7-4-15-32(35)41(46-44)34-17-10-16-31-29-14-6-9-20-39(29)49-43(31)34;1-43(2)36-22-11-9-20-32(36)34-25-35-33-21-10-12-23-40(33)46(41(35)26-37(34)43)31-19-13-18-30(24-31)42-44-38(28-14-5-3-6-15-28)27-39(45-42)29-16-7-4-8-17-29;1-2-10-25(11-3-1)26-18-20-27(21-19-26)32-24-37(40-33-15-7-4-12-28(32)33)41-34-16-8-5-14-31(34)38-35(41)23-22-30-29-13-6-9-17-36(29)42-39(30)38/h1-25H;3-27H,1-2H3;1-24H. The van der Waals surface area contributed by atoms with Gasteiger partial charge in [-0.3, -0.25) is 9.13 Å². The van der Waals surface area contributed by atoms with Crippen molar-refractivity contribution in [1.82, 2.24) is 38.6 Å². The number of pyridine rings is 1. The summed E-state index contributed by atoms with van der Waals surface area (Å²) in [6.45, 7) is 4.69. The molecule has 0 saturated carbocycles. The van der Waals surface area contributed by atoms with Gasteiger partial charge in [0, 0.05) is 122 Å². The molecule has 0 N–H and O–H groups in total. The SMILES string of the molecule is CC1(C)c2ccccc2-c2cc3c4ccccc4n(-c4cccc(-c5nc(-c6ccccc6)cc(-c6ccccc6)n5)c4)c3cc21.c1ccc(-c2ccc(-c3cc(-n4c5ccccc5c5c6sc7ccccc7c6ccc54)nc4ccccc34)cc2)cc1.c1ccc(-c2ccc3c4c5oc6ccccc6c5ccc4n(-c4nc(-c5cccc6c5sc5ccccc56)c5ccccc5n4)c3c2)cc1. The number of rotatable bonds is 10. The second-order valence-electron chi connectivity index (χ2n) is 36.0. The lowest BCUT2D eigenvalue weighted by molar-refractivity contribution is 0.661. The van der Waals surface area contributed by atoms with Gasteiger partial charge in [-0.25, -0.2) is 24.9 Å². The predicted octanol–water partition coefficient (Wildman–Crippen LogP) is 34.2. The number of furan rings is 1. The number of nitrogens with zero attached hydrogens (tertiary/aromatic N) is 8. The number of hydrogen-bond donors (Lipinski definition) is 0. The van der Waals surface area contributed by atoms with E-state index in [1.807, 2.05) is 46.9 Å².